The summed E-state index contributed by atoms with van der Waals surface area (Å²) in [6, 6.07) is 29.8. The number of fused-ring (bicyclic) bond motifs is 3. The van der Waals surface area contributed by atoms with Gasteiger partial charge in [-0.3, -0.25) is 9.89 Å². The Hall–Kier alpha value is -2.75. The maximum atomic E-state index is 11.0. The van der Waals surface area contributed by atoms with Gasteiger partial charge in [0.05, 0.1) is 6.04 Å². The summed E-state index contributed by atoms with van der Waals surface area (Å²) in [4.78, 5) is 7.59. The molecule has 3 fully saturated rings. The first-order valence-electron chi connectivity index (χ1n) is 11.4. The summed E-state index contributed by atoms with van der Waals surface area (Å²) in [5.41, 5.74) is 5.85. The minimum Gasteiger partial charge on any atom is -0.368 e. The van der Waals surface area contributed by atoms with Crippen molar-refractivity contribution in [3.05, 3.63) is 107 Å². The maximum Gasteiger partial charge on any atom is 0.171 e. The van der Waals surface area contributed by atoms with Crippen LogP contribution in [-0.2, 0) is 0 Å². The van der Waals surface area contributed by atoms with Crippen LogP contribution in [0.4, 0.5) is 0 Å². The zero-order valence-electron chi connectivity index (χ0n) is 18.1. The molecule has 3 saturated heterocycles. The highest BCUT2D eigenvalue weighted by Crippen LogP contribution is 2.41. The fraction of sp³-hybridized carbons (Fsp3) is 0.321. The van der Waals surface area contributed by atoms with Crippen LogP contribution < -0.4 is 0 Å². The molecule has 0 amide bonds. The predicted molar refractivity (Wildman–Crippen MR) is 126 cm³/mol. The van der Waals surface area contributed by atoms with E-state index in [9.17, 15) is 5.11 Å². The fourth-order valence-corrected chi connectivity index (χ4v) is 5.30. The smallest absolute Gasteiger partial charge is 0.171 e. The van der Waals surface area contributed by atoms with E-state index in [2.05, 4.69) is 72.5 Å². The summed E-state index contributed by atoms with van der Waals surface area (Å²) < 4.78 is 0. The van der Waals surface area contributed by atoms with Crippen molar-refractivity contribution in [3.8, 4) is 0 Å². The molecule has 2 bridgehead atoms. The standard InChI is InChI=1S/C28H30N2O/c1-20-12-14-24(15-13-20)28(31)29-26-23-16-18-30(19-17-23)27(26)25(21-8-4-2-5-9-21)22-10-6-3-7-11-22/h2-15,23,25,27-28,31H,16-19H2,1H3. The molecule has 3 aliphatic rings. The summed E-state index contributed by atoms with van der Waals surface area (Å²) in [6.45, 7) is 4.27. The van der Waals surface area contributed by atoms with Crippen LogP contribution in [-0.4, -0.2) is 34.8 Å². The van der Waals surface area contributed by atoms with E-state index >= 15 is 0 Å². The van der Waals surface area contributed by atoms with Crippen LogP contribution in [0.5, 0.6) is 0 Å². The van der Waals surface area contributed by atoms with Crippen molar-refractivity contribution in [1.29, 1.82) is 0 Å². The minimum absolute atomic E-state index is 0.178. The van der Waals surface area contributed by atoms with E-state index in [0.29, 0.717) is 5.92 Å². The van der Waals surface area contributed by atoms with Crippen molar-refractivity contribution < 1.29 is 5.11 Å². The number of nitrogens with zero attached hydrogens (tertiary/aromatic N) is 2. The third kappa shape index (κ3) is 4.08. The fourth-order valence-electron chi connectivity index (χ4n) is 5.30. The number of piperidine rings is 3. The third-order valence-corrected chi connectivity index (χ3v) is 6.92. The average molecular weight is 411 g/mol. The minimum atomic E-state index is -0.814. The molecule has 3 heterocycles. The molecule has 3 aliphatic heterocycles. The van der Waals surface area contributed by atoms with Gasteiger partial charge >= 0.3 is 0 Å². The molecule has 31 heavy (non-hydrogen) atoms. The topological polar surface area (TPSA) is 35.8 Å². The number of rotatable bonds is 5. The van der Waals surface area contributed by atoms with Gasteiger partial charge in [0.1, 0.15) is 0 Å². The van der Waals surface area contributed by atoms with Gasteiger partial charge < -0.3 is 5.11 Å². The van der Waals surface area contributed by atoms with Crippen molar-refractivity contribution in [1.82, 2.24) is 4.90 Å². The zero-order chi connectivity index (χ0) is 21.2. The molecule has 0 radical (unpaired) electrons. The van der Waals surface area contributed by atoms with E-state index in [1.807, 2.05) is 24.3 Å². The lowest BCUT2D eigenvalue weighted by atomic mass is 9.72. The Morgan fingerprint density at radius 3 is 1.87 bits per heavy atom. The molecular formula is C28H30N2O. The second-order valence-corrected chi connectivity index (χ2v) is 8.89. The van der Waals surface area contributed by atoms with Gasteiger partial charge in [0.2, 0.25) is 0 Å². The lowest BCUT2D eigenvalue weighted by Crippen LogP contribution is -2.58. The van der Waals surface area contributed by atoms with Gasteiger partial charge in [-0.05, 0) is 44.0 Å². The number of benzene rings is 3. The number of hydrogen-bond acceptors (Lipinski definition) is 3. The second kappa shape index (κ2) is 8.78. The van der Waals surface area contributed by atoms with E-state index in [-0.39, 0.29) is 12.0 Å². The number of aliphatic hydroxyl groups excluding tert-OH is 1. The summed E-state index contributed by atoms with van der Waals surface area (Å²) in [7, 11) is 0. The SMILES string of the molecule is Cc1ccc(C(O)N=C2C3CCN(CC3)C2C(c2ccccc2)c2ccccc2)cc1. The molecule has 0 aliphatic carbocycles. The van der Waals surface area contributed by atoms with Crippen molar-refractivity contribution in [2.24, 2.45) is 10.9 Å². The van der Waals surface area contributed by atoms with E-state index in [4.69, 9.17) is 4.99 Å². The van der Waals surface area contributed by atoms with E-state index in [0.717, 1.165) is 31.5 Å². The maximum absolute atomic E-state index is 11.0. The molecular weight excluding hydrogens is 380 g/mol. The van der Waals surface area contributed by atoms with Crippen LogP contribution in [0.1, 0.15) is 47.2 Å². The first kappa shape index (κ1) is 20.2. The molecule has 2 atom stereocenters. The molecule has 3 aromatic rings. The predicted octanol–water partition coefficient (Wildman–Crippen LogP) is 5.35. The molecule has 0 spiro atoms. The van der Waals surface area contributed by atoms with Crippen molar-refractivity contribution in [2.75, 3.05) is 13.1 Å². The van der Waals surface area contributed by atoms with Crippen molar-refractivity contribution in [3.63, 3.8) is 0 Å². The number of aliphatic hydroxyl groups is 1. The largest absolute Gasteiger partial charge is 0.368 e. The van der Waals surface area contributed by atoms with Gasteiger partial charge in [0.25, 0.3) is 0 Å². The highest BCUT2D eigenvalue weighted by molar-refractivity contribution is 5.94. The number of aliphatic imine (C=N–C) groups is 1. The summed E-state index contributed by atoms with van der Waals surface area (Å²) in [5.74, 6) is 0.652. The molecule has 1 N–H and O–H groups in total. The molecule has 6 rings (SSSR count). The van der Waals surface area contributed by atoms with Gasteiger partial charge in [-0.2, -0.15) is 0 Å². The molecule has 0 aromatic heterocycles. The van der Waals surface area contributed by atoms with Crippen LogP contribution in [0.15, 0.2) is 89.9 Å². The van der Waals surface area contributed by atoms with Gasteiger partial charge in [-0.1, -0.05) is 90.5 Å². The Kier molecular flexibility index (Phi) is 5.71. The zero-order valence-corrected chi connectivity index (χ0v) is 18.1. The van der Waals surface area contributed by atoms with Gasteiger partial charge in [-0.25, -0.2) is 0 Å². The Morgan fingerprint density at radius 1 is 0.774 bits per heavy atom. The Labute approximate surface area is 185 Å². The molecule has 0 saturated carbocycles. The second-order valence-electron chi connectivity index (χ2n) is 8.89. The first-order valence-corrected chi connectivity index (χ1v) is 11.4. The quantitative estimate of drug-likeness (QED) is 0.615. The average Bonchev–Trinajstić information content (AvgIpc) is 2.83. The molecule has 2 unspecified atom stereocenters. The first-order chi connectivity index (χ1) is 15.2. The molecule has 3 aromatic carbocycles. The van der Waals surface area contributed by atoms with E-state index in [1.165, 1.54) is 22.4 Å². The Balaban J connectivity index is 1.59. The Bertz CT molecular complexity index is 982. The van der Waals surface area contributed by atoms with Crippen molar-refractivity contribution >= 4 is 5.71 Å². The van der Waals surface area contributed by atoms with Gasteiger partial charge in [0, 0.05) is 23.1 Å². The normalized spacial score (nSPS) is 25.1. The summed E-state index contributed by atoms with van der Waals surface area (Å²) >= 11 is 0. The van der Waals surface area contributed by atoms with Crippen LogP contribution in [0.2, 0.25) is 0 Å². The summed E-state index contributed by atoms with van der Waals surface area (Å²) in [5, 5.41) is 11.0. The van der Waals surface area contributed by atoms with Crippen LogP contribution >= 0.6 is 0 Å². The molecule has 158 valence electrons. The van der Waals surface area contributed by atoms with Gasteiger partial charge in [0.15, 0.2) is 6.23 Å². The highest BCUT2D eigenvalue weighted by atomic mass is 16.3. The van der Waals surface area contributed by atoms with Crippen LogP contribution in [0.3, 0.4) is 0 Å². The van der Waals surface area contributed by atoms with Crippen LogP contribution in [0, 0.1) is 12.8 Å². The number of aryl methyl sites for hydroxylation is 1. The van der Waals surface area contributed by atoms with E-state index < -0.39 is 6.23 Å². The van der Waals surface area contributed by atoms with Crippen LogP contribution in [0.25, 0.3) is 0 Å². The highest BCUT2D eigenvalue weighted by Gasteiger charge is 2.44. The monoisotopic (exact) mass is 410 g/mol. The van der Waals surface area contributed by atoms with Gasteiger partial charge in [-0.15, -0.1) is 0 Å². The van der Waals surface area contributed by atoms with E-state index in [1.54, 1.807) is 0 Å². The Morgan fingerprint density at radius 2 is 1.32 bits per heavy atom. The third-order valence-electron chi connectivity index (χ3n) is 6.92. The number of hydrogen-bond donors (Lipinski definition) is 1. The lowest BCUT2D eigenvalue weighted by molar-refractivity contribution is 0.128. The summed E-state index contributed by atoms with van der Waals surface area (Å²) in [6.07, 6.45) is 1.45. The van der Waals surface area contributed by atoms with Crippen molar-refractivity contribution in [2.45, 2.75) is 38.0 Å². The molecule has 3 heteroatoms. The lowest BCUT2D eigenvalue weighted by Gasteiger charge is -2.50. The molecule has 3 nitrogen and oxygen atoms in total.